The van der Waals surface area contributed by atoms with Gasteiger partial charge < -0.3 is 14.6 Å². The van der Waals surface area contributed by atoms with Gasteiger partial charge in [-0.1, -0.05) is 56.3 Å². The van der Waals surface area contributed by atoms with Crippen LogP contribution < -0.4 is 10.1 Å². The zero-order valence-corrected chi connectivity index (χ0v) is 19.3. The number of carbonyl (C=O) groups excluding carboxylic acids is 1. The predicted octanol–water partition coefficient (Wildman–Crippen LogP) is 5.95. The van der Waals surface area contributed by atoms with Crippen LogP contribution in [0, 0.1) is 0 Å². The van der Waals surface area contributed by atoms with Gasteiger partial charge in [0.15, 0.2) is 0 Å². The van der Waals surface area contributed by atoms with E-state index < -0.39 is 0 Å². The highest BCUT2D eigenvalue weighted by molar-refractivity contribution is 5.94. The molecule has 0 bridgehead atoms. The number of aryl methyl sites for hydroxylation is 1. The third kappa shape index (κ3) is 5.80. The maximum absolute atomic E-state index is 12.5. The minimum absolute atomic E-state index is 0.0916. The molecule has 5 heteroatoms. The fourth-order valence-electron chi connectivity index (χ4n) is 3.87. The van der Waals surface area contributed by atoms with E-state index in [0.29, 0.717) is 24.6 Å². The van der Waals surface area contributed by atoms with Crippen molar-refractivity contribution in [2.45, 2.75) is 45.7 Å². The van der Waals surface area contributed by atoms with E-state index in [1.54, 1.807) is 0 Å². The highest BCUT2D eigenvalue weighted by Gasteiger charge is 2.12. The van der Waals surface area contributed by atoms with Crippen LogP contribution in [0.3, 0.4) is 0 Å². The number of benzene rings is 3. The van der Waals surface area contributed by atoms with Crippen LogP contribution in [-0.4, -0.2) is 22.1 Å². The van der Waals surface area contributed by atoms with E-state index in [4.69, 9.17) is 9.72 Å². The van der Waals surface area contributed by atoms with Crippen LogP contribution >= 0.6 is 0 Å². The van der Waals surface area contributed by atoms with Crippen molar-refractivity contribution in [3.8, 4) is 5.75 Å². The number of unbranched alkanes of at least 4 members (excludes halogenated alkanes) is 1. The summed E-state index contributed by atoms with van der Waals surface area (Å²) >= 11 is 0. The molecule has 0 unspecified atom stereocenters. The largest absolute Gasteiger partial charge is 0.494 e. The summed E-state index contributed by atoms with van der Waals surface area (Å²) in [5.41, 5.74) is 4.01. The predicted molar refractivity (Wildman–Crippen MR) is 133 cm³/mol. The number of carbonyl (C=O) groups is 1. The first-order chi connectivity index (χ1) is 16.1. The lowest BCUT2D eigenvalue weighted by atomic mass is 10.0. The standard InChI is InChI=1S/C28H31N3O2/c1-21(2)22-14-16-24(17-15-22)33-19-9-8-18-31-26-13-7-6-12-25(26)30-27(31)20-29-28(32)23-10-4-3-5-11-23/h3-7,10-17,21H,8-9,18-20H2,1-2H3,(H,29,32). The number of fused-ring (bicyclic) bond motifs is 1. The van der Waals surface area contributed by atoms with E-state index in [0.717, 1.165) is 42.0 Å². The third-order valence-electron chi connectivity index (χ3n) is 5.77. The van der Waals surface area contributed by atoms with Crippen LogP contribution in [0.15, 0.2) is 78.9 Å². The van der Waals surface area contributed by atoms with E-state index in [2.05, 4.69) is 41.9 Å². The van der Waals surface area contributed by atoms with E-state index in [1.807, 2.05) is 60.7 Å². The molecule has 1 aromatic heterocycles. The summed E-state index contributed by atoms with van der Waals surface area (Å²) in [6.45, 7) is 6.27. The lowest BCUT2D eigenvalue weighted by Crippen LogP contribution is -2.24. The van der Waals surface area contributed by atoms with Crippen molar-refractivity contribution >= 4 is 16.9 Å². The molecule has 0 saturated heterocycles. The minimum Gasteiger partial charge on any atom is -0.494 e. The Kier molecular flexibility index (Phi) is 7.40. The molecule has 3 aromatic carbocycles. The molecule has 0 fully saturated rings. The monoisotopic (exact) mass is 441 g/mol. The number of rotatable bonds is 10. The minimum atomic E-state index is -0.0916. The lowest BCUT2D eigenvalue weighted by Gasteiger charge is -2.11. The molecule has 0 atom stereocenters. The number of nitrogens with one attached hydrogen (secondary N) is 1. The van der Waals surface area contributed by atoms with Gasteiger partial charge in [0.2, 0.25) is 0 Å². The van der Waals surface area contributed by atoms with E-state index in [-0.39, 0.29) is 5.91 Å². The Morgan fingerprint density at radius 3 is 2.42 bits per heavy atom. The Labute approximate surface area is 195 Å². The van der Waals surface area contributed by atoms with Crippen LogP contribution in [0.1, 0.15) is 54.4 Å². The Morgan fingerprint density at radius 2 is 1.67 bits per heavy atom. The fraction of sp³-hybridized carbons (Fsp3) is 0.286. The van der Waals surface area contributed by atoms with Crippen molar-refractivity contribution in [2.24, 2.45) is 0 Å². The van der Waals surface area contributed by atoms with Crippen molar-refractivity contribution < 1.29 is 9.53 Å². The normalized spacial score (nSPS) is 11.1. The number of para-hydroxylation sites is 2. The Balaban J connectivity index is 1.34. The Bertz CT molecular complexity index is 1180. The second-order valence-electron chi connectivity index (χ2n) is 8.50. The second kappa shape index (κ2) is 10.8. The number of amides is 1. The Morgan fingerprint density at radius 1 is 0.939 bits per heavy atom. The summed E-state index contributed by atoms with van der Waals surface area (Å²) in [5.74, 6) is 2.21. The van der Waals surface area contributed by atoms with Gasteiger partial charge in [-0.05, 0) is 60.7 Å². The van der Waals surface area contributed by atoms with Crippen molar-refractivity contribution in [1.82, 2.24) is 14.9 Å². The van der Waals surface area contributed by atoms with Crippen molar-refractivity contribution in [3.05, 3.63) is 95.8 Å². The molecule has 1 heterocycles. The number of aromatic nitrogens is 2. The SMILES string of the molecule is CC(C)c1ccc(OCCCCn2c(CNC(=O)c3ccccc3)nc3ccccc32)cc1. The van der Waals surface area contributed by atoms with Gasteiger partial charge in [-0.3, -0.25) is 4.79 Å². The highest BCUT2D eigenvalue weighted by atomic mass is 16.5. The van der Waals surface area contributed by atoms with Crippen molar-refractivity contribution in [3.63, 3.8) is 0 Å². The molecule has 0 radical (unpaired) electrons. The maximum atomic E-state index is 12.5. The number of hydrogen-bond acceptors (Lipinski definition) is 3. The molecule has 1 N–H and O–H groups in total. The second-order valence-corrected chi connectivity index (χ2v) is 8.50. The summed E-state index contributed by atoms with van der Waals surface area (Å²) in [6, 6.07) is 25.7. The molecule has 170 valence electrons. The van der Waals surface area contributed by atoms with Gasteiger partial charge >= 0.3 is 0 Å². The lowest BCUT2D eigenvalue weighted by molar-refractivity contribution is 0.0949. The Hall–Kier alpha value is -3.60. The first-order valence-electron chi connectivity index (χ1n) is 11.6. The third-order valence-corrected chi connectivity index (χ3v) is 5.77. The van der Waals surface area contributed by atoms with Crippen LogP contribution in [0.5, 0.6) is 5.75 Å². The quantitative estimate of drug-likeness (QED) is 0.310. The van der Waals surface area contributed by atoms with E-state index >= 15 is 0 Å². The average Bonchev–Trinajstić information content (AvgIpc) is 3.20. The molecule has 0 spiro atoms. The summed E-state index contributed by atoms with van der Waals surface area (Å²) in [5, 5.41) is 3.01. The molecule has 5 nitrogen and oxygen atoms in total. The van der Waals surface area contributed by atoms with E-state index in [1.165, 1.54) is 5.56 Å². The van der Waals surface area contributed by atoms with Gasteiger partial charge in [-0.15, -0.1) is 0 Å². The molecule has 0 aliphatic carbocycles. The summed E-state index contributed by atoms with van der Waals surface area (Å²) in [4.78, 5) is 17.2. The van der Waals surface area contributed by atoms with Crippen LogP contribution in [0.2, 0.25) is 0 Å². The summed E-state index contributed by atoms with van der Waals surface area (Å²) in [7, 11) is 0. The number of nitrogens with zero attached hydrogens (tertiary/aromatic N) is 2. The van der Waals surface area contributed by atoms with Crippen LogP contribution in [-0.2, 0) is 13.1 Å². The highest BCUT2D eigenvalue weighted by Crippen LogP contribution is 2.20. The van der Waals surface area contributed by atoms with Gasteiger partial charge in [-0.2, -0.15) is 0 Å². The van der Waals surface area contributed by atoms with Crippen molar-refractivity contribution in [2.75, 3.05) is 6.61 Å². The van der Waals surface area contributed by atoms with Crippen molar-refractivity contribution in [1.29, 1.82) is 0 Å². The molecular weight excluding hydrogens is 410 g/mol. The molecule has 0 aliphatic rings. The topological polar surface area (TPSA) is 56.1 Å². The van der Waals surface area contributed by atoms with Crippen LogP contribution in [0.25, 0.3) is 11.0 Å². The molecule has 4 aromatic rings. The molecule has 0 aliphatic heterocycles. The molecule has 1 amide bonds. The number of ether oxygens (including phenoxy) is 1. The summed E-state index contributed by atoms with van der Waals surface area (Å²) < 4.78 is 8.13. The van der Waals surface area contributed by atoms with Gasteiger partial charge in [0, 0.05) is 12.1 Å². The van der Waals surface area contributed by atoms with E-state index in [9.17, 15) is 4.79 Å². The average molecular weight is 442 g/mol. The smallest absolute Gasteiger partial charge is 0.251 e. The number of imidazole rings is 1. The first-order valence-corrected chi connectivity index (χ1v) is 11.6. The molecule has 4 rings (SSSR count). The first kappa shape index (κ1) is 22.6. The number of hydrogen-bond donors (Lipinski definition) is 1. The molecular formula is C28H31N3O2. The molecule has 0 saturated carbocycles. The van der Waals surface area contributed by atoms with Gasteiger partial charge in [0.25, 0.3) is 5.91 Å². The van der Waals surface area contributed by atoms with Gasteiger partial charge in [-0.25, -0.2) is 4.98 Å². The maximum Gasteiger partial charge on any atom is 0.251 e. The zero-order chi connectivity index (χ0) is 23.0. The molecule has 33 heavy (non-hydrogen) atoms. The zero-order valence-electron chi connectivity index (χ0n) is 19.3. The van der Waals surface area contributed by atoms with Crippen LogP contribution in [0.4, 0.5) is 0 Å². The summed E-state index contributed by atoms with van der Waals surface area (Å²) in [6.07, 6.45) is 1.90. The van der Waals surface area contributed by atoms with Gasteiger partial charge in [0.05, 0.1) is 24.2 Å². The van der Waals surface area contributed by atoms with Gasteiger partial charge in [0.1, 0.15) is 11.6 Å². The fourth-order valence-corrected chi connectivity index (χ4v) is 3.87.